The van der Waals surface area contributed by atoms with Crippen LogP contribution in [0.5, 0.6) is 5.75 Å². The molecule has 0 saturated carbocycles. The highest BCUT2D eigenvalue weighted by Gasteiger charge is 2.41. The quantitative estimate of drug-likeness (QED) is 0.747. The molecule has 2 atom stereocenters. The van der Waals surface area contributed by atoms with Crippen LogP contribution in [0.2, 0.25) is 0 Å². The van der Waals surface area contributed by atoms with Crippen LogP contribution in [0.4, 0.5) is 0 Å². The van der Waals surface area contributed by atoms with Crippen molar-refractivity contribution in [1.29, 1.82) is 0 Å². The molecule has 17 heavy (non-hydrogen) atoms. The van der Waals surface area contributed by atoms with Crippen molar-refractivity contribution < 1.29 is 4.74 Å². The second-order valence-electron chi connectivity index (χ2n) is 4.91. The van der Waals surface area contributed by atoms with Gasteiger partial charge in [0.2, 0.25) is 0 Å². The van der Waals surface area contributed by atoms with Crippen molar-refractivity contribution in [2.24, 2.45) is 0 Å². The van der Waals surface area contributed by atoms with E-state index in [1.54, 1.807) is 0 Å². The van der Waals surface area contributed by atoms with Gasteiger partial charge in [-0.15, -0.1) is 0 Å². The third kappa shape index (κ3) is 1.76. The predicted molar refractivity (Wildman–Crippen MR) is 71.1 cm³/mol. The van der Waals surface area contributed by atoms with E-state index in [2.05, 4.69) is 35.8 Å². The zero-order valence-corrected chi connectivity index (χ0v) is 10.9. The van der Waals surface area contributed by atoms with E-state index in [1.165, 1.54) is 11.1 Å². The molecule has 1 fully saturated rings. The summed E-state index contributed by atoms with van der Waals surface area (Å²) in [5.41, 5.74) is 2.20. The molecule has 0 aromatic heterocycles. The summed E-state index contributed by atoms with van der Waals surface area (Å²) < 4.78 is 6.02. The second kappa shape index (κ2) is 3.60. The summed E-state index contributed by atoms with van der Waals surface area (Å²) in [6, 6.07) is 6.68. The predicted octanol–water partition coefficient (Wildman–Crippen LogP) is 2.27. The number of rotatable bonds is 1. The monoisotopic (exact) mass is 248 g/mol. The lowest BCUT2D eigenvalue weighted by Crippen LogP contribution is -2.62. The summed E-state index contributed by atoms with van der Waals surface area (Å²) >= 11 is 5.22. The maximum absolute atomic E-state index is 6.02. The van der Waals surface area contributed by atoms with Crippen LogP contribution in [0.15, 0.2) is 18.2 Å². The highest BCUT2D eigenvalue weighted by molar-refractivity contribution is 7.80. The lowest BCUT2D eigenvalue weighted by atomic mass is 9.90. The number of thiocarbonyl (C=S) groups is 1. The van der Waals surface area contributed by atoms with E-state index in [-0.39, 0.29) is 11.8 Å². The van der Waals surface area contributed by atoms with Crippen LogP contribution in [0.3, 0.4) is 0 Å². The molecule has 0 radical (unpaired) electrons. The molecule has 2 aliphatic rings. The Balaban J connectivity index is 2.07. The van der Waals surface area contributed by atoms with Gasteiger partial charge in [-0.3, -0.25) is 0 Å². The van der Waals surface area contributed by atoms with Gasteiger partial charge in [-0.2, -0.15) is 0 Å². The van der Waals surface area contributed by atoms with E-state index in [0.717, 1.165) is 18.6 Å². The largest absolute Gasteiger partial charge is 0.468 e. The van der Waals surface area contributed by atoms with Gasteiger partial charge < -0.3 is 15.4 Å². The third-order valence-corrected chi connectivity index (χ3v) is 3.69. The van der Waals surface area contributed by atoms with Gasteiger partial charge in [-0.05, 0) is 37.2 Å². The van der Waals surface area contributed by atoms with Gasteiger partial charge in [-0.25, -0.2) is 0 Å². The molecule has 2 bridgehead atoms. The first kappa shape index (κ1) is 10.8. The Labute approximate surface area is 107 Å². The van der Waals surface area contributed by atoms with Crippen LogP contribution in [0, 0.1) is 0 Å². The number of ether oxygens (including phenoxy) is 1. The van der Waals surface area contributed by atoms with E-state index >= 15 is 0 Å². The van der Waals surface area contributed by atoms with Crippen molar-refractivity contribution in [2.45, 2.75) is 38.5 Å². The molecule has 0 aliphatic carbocycles. The van der Waals surface area contributed by atoms with Gasteiger partial charge in [0, 0.05) is 12.0 Å². The lowest BCUT2D eigenvalue weighted by Gasteiger charge is -2.45. The van der Waals surface area contributed by atoms with Crippen LogP contribution in [0.25, 0.3) is 0 Å². The molecule has 0 amide bonds. The maximum atomic E-state index is 6.02. The van der Waals surface area contributed by atoms with E-state index in [0.29, 0.717) is 5.11 Å². The molecule has 2 heterocycles. The molecule has 1 aromatic carbocycles. The summed E-state index contributed by atoms with van der Waals surface area (Å²) in [7, 11) is 0. The molecule has 1 saturated heterocycles. The van der Waals surface area contributed by atoms with Crippen LogP contribution in [0.1, 0.15) is 37.4 Å². The van der Waals surface area contributed by atoms with E-state index in [1.807, 2.05) is 6.92 Å². The van der Waals surface area contributed by atoms with Crippen molar-refractivity contribution in [3.8, 4) is 5.75 Å². The Kier molecular flexibility index (Phi) is 2.30. The minimum atomic E-state index is -0.367. The van der Waals surface area contributed by atoms with Gasteiger partial charge in [0.25, 0.3) is 0 Å². The van der Waals surface area contributed by atoms with E-state index < -0.39 is 0 Å². The van der Waals surface area contributed by atoms with Crippen LogP contribution in [-0.4, -0.2) is 10.8 Å². The third-order valence-electron chi connectivity index (χ3n) is 3.47. The molecule has 3 rings (SSSR count). The van der Waals surface area contributed by atoms with E-state index in [9.17, 15) is 0 Å². The minimum Gasteiger partial charge on any atom is -0.468 e. The second-order valence-corrected chi connectivity index (χ2v) is 5.32. The highest BCUT2D eigenvalue weighted by atomic mass is 32.1. The molecule has 0 unspecified atom stereocenters. The minimum absolute atomic E-state index is 0.268. The van der Waals surface area contributed by atoms with Crippen molar-refractivity contribution in [3.63, 3.8) is 0 Å². The van der Waals surface area contributed by atoms with Gasteiger partial charge >= 0.3 is 0 Å². The Bertz CT molecular complexity index is 488. The van der Waals surface area contributed by atoms with Gasteiger partial charge in [0.1, 0.15) is 5.75 Å². The van der Waals surface area contributed by atoms with Crippen LogP contribution in [-0.2, 0) is 6.42 Å². The molecule has 90 valence electrons. The molecular formula is C13H16N2OS. The maximum Gasteiger partial charge on any atom is 0.181 e. The fourth-order valence-corrected chi connectivity index (χ4v) is 2.96. The molecule has 1 aromatic rings. The number of hydrogen-bond donors (Lipinski definition) is 2. The highest BCUT2D eigenvalue weighted by Crippen LogP contribution is 2.40. The van der Waals surface area contributed by atoms with E-state index in [4.69, 9.17) is 17.0 Å². The Morgan fingerprint density at radius 1 is 1.53 bits per heavy atom. The average molecular weight is 248 g/mol. The summed E-state index contributed by atoms with van der Waals surface area (Å²) in [5.74, 6) is 0.962. The van der Waals surface area contributed by atoms with Crippen molar-refractivity contribution >= 4 is 17.3 Å². The number of nitrogens with one attached hydrogen (secondary N) is 2. The van der Waals surface area contributed by atoms with Crippen LogP contribution >= 0.6 is 12.2 Å². The van der Waals surface area contributed by atoms with Crippen molar-refractivity contribution in [2.75, 3.05) is 0 Å². The molecular weight excluding hydrogens is 232 g/mol. The topological polar surface area (TPSA) is 33.3 Å². The molecule has 4 heteroatoms. The fourth-order valence-electron chi connectivity index (χ4n) is 2.61. The summed E-state index contributed by atoms with van der Waals surface area (Å²) in [6.07, 6.45) is 1.94. The first-order chi connectivity index (χ1) is 8.09. The summed E-state index contributed by atoms with van der Waals surface area (Å²) in [6.45, 7) is 4.21. The lowest BCUT2D eigenvalue weighted by molar-refractivity contribution is 0.0250. The molecule has 3 nitrogen and oxygen atoms in total. The smallest absolute Gasteiger partial charge is 0.181 e. The average Bonchev–Trinajstić information content (AvgIpc) is 2.27. The molecule has 2 aliphatic heterocycles. The van der Waals surface area contributed by atoms with Crippen molar-refractivity contribution in [3.05, 3.63) is 29.3 Å². The SMILES string of the molecule is CCc1ccc2c(c1)[C@@H]1C[C@@](C)(NC(=S)N1)O2. The molecule has 2 N–H and O–H groups in total. The number of benzene rings is 1. The first-order valence-corrected chi connectivity index (χ1v) is 6.41. The van der Waals surface area contributed by atoms with Gasteiger partial charge in [0.05, 0.1) is 6.04 Å². The van der Waals surface area contributed by atoms with Gasteiger partial charge in [0.15, 0.2) is 10.8 Å². The van der Waals surface area contributed by atoms with Crippen LogP contribution < -0.4 is 15.4 Å². The Hall–Kier alpha value is -1.29. The normalized spacial score (nSPS) is 29.8. The summed E-state index contributed by atoms with van der Waals surface area (Å²) in [4.78, 5) is 0. The van der Waals surface area contributed by atoms with Gasteiger partial charge in [-0.1, -0.05) is 19.1 Å². The summed E-state index contributed by atoms with van der Waals surface area (Å²) in [5, 5.41) is 7.19. The molecule has 0 spiro atoms. The zero-order valence-electron chi connectivity index (χ0n) is 10.0. The Morgan fingerprint density at radius 2 is 2.35 bits per heavy atom. The number of aryl methyl sites for hydroxylation is 1. The Morgan fingerprint density at radius 3 is 3.12 bits per heavy atom. The standard InChI is InChI=1S/C13H16N2OS/c1-3-8-4-5-11-9(6-8)10-7-13(2,16-11)15-12(17)14-10/h4-6,10H,3,7H2,1-2H3,(H2,14,15,17)/t10-,13-/m0/s1. The first-order valence-electron chi connectivity index (χ1n) is 6.00. The number of hydrogen-bond acceptors (Lipinski definition) is 2. The van der Waals surface area contributed by atoms with Crippen molar-refractivity contribution in [1.82, 2.24) is 10.6 Å². The fraction of sp³-hybridized carbons (Fsp3) is 0.462. The zero-order chi connectivity index (χ0) is 12.0. The number of fused-ring (bicyclic) bond motifs is 4.